The molecule has 0 saturated carbocycles. The first kappa shape index (κ1) is 15.6. The second kappa shape index (κ2) is 8.63. The molecular formula is C14H22N2O3. The Balaban J connectivity index is 2.45. The first-order valence-electron chi connectivity index (χ1n) is 6.45. The van der Waals surface area contributed by atoms with Crippen molar-refractivity contribution >= 4 is 5.91 Å². The van der Waals surface area contributed by atoms with Crippen LogP contribution in [0.2, 0.25) is 0 Å². The number of carbonyl (C=O) groups excluding carboxylic acids is 1. The molecule has 5 nitrogen and oxygen atoms in total. The van der Waals surface area contributed by atoms with Crippen molar-refractivity contribution < 1.29 is 15.0 Å². The topological polar surface area (TPSA) is 72.8 Å². The maximum Gasteiger partial charge on any atom is 0.234 e. The van der Waals surface area contributed by atoms with Gasteiger partial charge in [-0.2, -0.15) is 0 Å². The van der Waals surface area contributed by atoms with Crippen LogP contribution in [0.5, 0.6) is 0 Å². The molecule has 1 amide bonds. The Labute approximate surface area is 113 Å². The third-order valence-corrected chi connectivity index (χ3v) is 2.88. The Morgan fingerprint density at radius 3 is 2.32 bits per heavy atom. The van der Waals surface area contributed by atoms with Gasteiger partial charge >= 0.3 is 0 Å². The number of carbonyl (C=O) groups is 1. The lowest BCUT2D eigenvalue weighted by atomic mass is 10.1. The molecule has 0 radical (unpaired) electrons. The minimum Gasteiger partial charge on any atom is -0.395 e. The SMILES string of the molecule is CC(NC(=O)CN(CCO)CCO)c1ccccc1. The Morgan fingerprint density at radius 2 is 1.79 bits per heavy atom. The van der Waals surface area contributed by atoms with Crippen LogP contribution in [0.1, 0.15) is 18.5 Å². The Bertz CT molecular complexity index is 364. The minimum absolute atomic E-state index is 0.0263. The predicted molar refractivity (Wildman–Crippen MR) is 73.6 cm³/mol. The lowest BCUT2D eigenvalue weighted by Gasteiger charge is -2.21. The van der Waals surface area contributed by atoms with Crippen molar-refractivity contribution in [2.24, 2.45) is 0 Å². The van der Waals surface area contributed by atoms with E-state index in [9.17, 15) is 4.79 Å². The molecule has 1 atom stereocenters. The molecule has 5 heteroatoms. The molecule has 0 spiro atoms. The van der Waals surface area contributed by atoms with E-state index in [1.807, 2.05) is 37.3 Å². The number of aliphatic hydroxyl groups is 2. The Morgan fingerprint density at radius 1 is 1.21 bits per heavy atom. The Kier molecular flexibility index (Phi) is 7.10. The summed E-state index contributed by atoms with van der Waals surface area (Å²) in [5.74, 6) is -0.113. The van der Waals surface area contributed by atoms with Crippen LogP contribution < -0.4 is 5.32 Å². The molecule has 1 unspecified atom stereocenters. The first-order valence-corrected chi connectivity index (χ1v) is 6.45. The van der Waals surface area contributed by atoms with E-state index in [0.717, 1.165) is 5.56 Å². The molecule has 0 fully saturated rings. The van der Waals surface area contributed by atoms with E-state index in [0.29, 0.717) is 13.1 Å². The number of hydrogen-bond acceptors (Lipinski definition) is 4. The second-order valence-corrected chi connectivity index (χ2v) is 4.42. The van der Waals surface area contributed by atoms with Gasteiger partial charge in [0, 0.05) is 13.1 Å². The zero-order valence-corrected chi connectivity index (χ0v) is 11.2. The molecule has 0 aliphatic rings. The highest BCUT2D eigenvalue weighted by Crippen LogP contribution is 2.10. The standard InChI is InChI=1S/C14H22N2O3/c1-12(13-5-3-2-4-6-13)15-14(19)11-16(7-9-17)8-10-18/h2-6,12,17-18H,7-11H2,1H3,(H,15,19). The zero-order chi connectivity index (χ0) is 14.1. The van der Waals surface area contributed by atoms with Crippen LogP contribution in [0, 0.1) is 0 Å². The van der Waals surface area contributed by atoms with E-state index in [2.05, 4.69) is 5.32 Å². The van der Waals surface area contributed by atoms with Gasteiger partial charge in [0.25, 0.3) is 0 Å². The number of aliphatic hydroxyl groups excluding tert-OH is 2. The maximum atomic E-state index is 11.9. The molecule has 0 heterocycles. The van der Waals surface area contributed by atoms with Crippen LogP contribution in [0.4, 0.5) is 0 Å². The second-order valence-electron chi connectivity index (χ2n) is 4.42. The highest BCUT2D eigenvalue weighted by Gasteiger charge is 2.13. The van der Waals surface area contributed by atoms with E-state index < -0.39 is 0 Å². The number of rotatable bonds is 8. The summed E-state index contributed by atoms with van der Waals surface area (Å²) in [6, 6.07) is 9.67. The molecule has 0 aliphatic carbocycles. The van der Waals surface area contributed by atoms with Gasteiger partial charge in [-0.1, -0.05) is 30.3 Å². The summed E-state index contributed by atoms with van der Waals surface area (Å²) in [4.78, 5) is 13.6. The van der Waals surface area contributed by atoms with Crippen LogP contribution in [0.25, 0.3) is 0 Å². The average Bonchev–Trinajstić information content (AvgIpc) is 2.40. The van der Waals surface area contributed by atoms with E-state index in [1.165, 1.54) is 0 Å². The molecule has 0 saturated heterocycles. The van der Waals surface area contributed by atoms with Crippen molar-refractivity contribution in [1.29, 1.82) is 0 Å². The third-order valence-electron chi connectivity index (χ3n) is 2.88. The quantitative estimate of drug-likeness (QED) is 0.626. The van der Waals surface area contributed by atoms with Crippen molar-refractivity contribution in [3.8, 4) is 0 Å². The number of benzene rings is 1. The van der Waals surface area contributed by atoms with Gasteiger partial charge in [0.1, 0.15) is 0 Å². The monoisotopic (exact) mass is 266 g/mol. The van der Waals surface area contributed by atoms with Crippen molar-refractivity contribution in [2.45, 2.75) is 13.0 Å². The van der Waals surface area contributed by atoms with Crippen LogP contribution >= 0.6 is 0 Å². The van der Waals surface area contributed by atoms with Crippen molar-refractivity contribution in [1.82, 2.24) is 10.2 Å². The summed E-state index contributed by atoms with van der Waals surface area (Å²) in [7, 11) is 0. The fourth-order valence-electron chi connectivity index (χ4n) is 1.87. The average molecular weight is 266 g/mol. The fraction of sp³-hybridized carbons (Fsp3) is 0.500. The molecule has 3 N–H and O–H groups in total. The number of hydrogen-bond donors (Lipinski definition) is 3. The molecule has 106 valence electrons. The van der Waals surface area contributed by atoms with Gasteiger partial charge in [-0.15, -0.1) is 0 Å². The van der Waals surface area contributed by atoms with E-state index in [1.54, 1.807) is 4.90 Å². The summed E-state index contributed by atoms with van der Waals surface area (Å²) in [5, 5.41) is 20.7. The minimum atomic E-state index is -0.113. The van der Waals surface area contributed by atoms with Gasteiger partial charge in [-0.3, -0.25) is 9.69 Å². The molecule has 0 aliphatic heterocycles. The van der Waals surface area contributed by atoms with Crippen LogP contribution in [-0.2, 0) is 4.79 Å². The van der Waals surface area contributed by atoms with Crippen LogP contribution in [0.3, 0.4) is 0 Å². The molecule has 19 heavy (non-hydrogen) atoms. The molecule has 0 aromatic heterocycles. The summed E-state index contributed by atoms with van der Waals surface area (Å²) in [6.45, 7) is 2.82. The van der Waals surface area contributed by atoms with Gasteiger partial charge < -0.3 is 15.5 Å². The number of amides is 1. The lowest BCUT2D eigenvalue weighted by molar-refractivity contribution is -0.123. The molecule has 1 aromatic carbocycles. The summed E-state index contributed by atoms with van der Waals surface area (Å²) in [5.41, 5.74) is 1.05. The number of nitrogens with zero attached hydrogens (tertiary/aromatic N) is 1. The molecule has 1 rings (SSSR count). The predicted octanol–water partition coefficient (Wildman–Crippen LogP) is 0.150. The van der Waals surface area contributed by atoms with Crippen molar-refractivity contribution in [2.75, 3.05) is 32.8 Å². The third kappa shape index (κ3) is 5.83. The molecule has 1 aromatic rings. The number of nitrogens with one attached hydrogen (secondary N) is 1. The van der Waals surface area contributed by atoms with E-state index in [-0.39, 0.29) is 31.7 Å². The van der Waals surface area contributed by atoms with Gasteiger partial charge in [0.05, 0.1) is 25.8 Å². The van der Waals surface area contributed by atoms with E-state index in [4.69, 9.17) is 10.2 Å². The lowest BCUT2D eigenvalue weighted by Crippen LogP contribution is -2.40. The highest BCUT2D eigenvalue weighted by atomic mass is 16.3. The molecule has 0 bridgehead atoms. The largest absolute Gasteiger partial charge is 0.395 e. The normalized spacial score (nSPS) is 12.4. The molecular weight excluding hydrogens is 244 g/mol. The van der Waals surface area contributed by atoms with Crippen LogP contribution in [-0.4, -0.2) is 53.9 Å². The van der Waals surface area contributed by atoms with Gasteiger partial charge in [-0.05, 0) is 12.5 Å². The smallest absolute Gasteiger partial charge is 0.234 e. The van der Waals surface area contributed by atoms with Crippen molar-refractivity contribution in [3.05, 3.63) is 35.9 Å². The van der Waals surface area contributed by atoms with Crippen LogP contribution in [0.15, 0.2) is 30.3 Å². The summed E-state index contributed by atoms with van der Waals surface area (Å²) < 4.78 is 0. The summed E-state index contributed by atoms with van der Waals surface area (Å²) in [6.07, 6.45) is 0. The first-order chi connectivity index (χ1) is 9.17. The van der Waals surface area contributed by atoms with Gasteiger partial charge in [0.15, 0.2) is 0 Å². The highest BCUT2D eigenvalue weighted by molar-refractivity contribution is 5.78. The van der Waals surface area contributed by atoms with Gasteiger partial charge in [-0.25, -0.2) is 0 Å². The van der Waals surface area contributed by atoms with Gasteiger partial charge in [0.2, 0.25) is 5.91 Å². The summed E-state index contributed by atoms with van der Waals surface area (Å²) >= 11 is 0. The van der Waals surface area contributed by atoms with E-state index >= 15 is 0 Å². The maximum absolute atomic E-state index is 11.9. The zero-order valence-electron chi connectivity index (χ0n) is 11.2. The fourth-order valence-corrected chi connectivity index (χ4v) is 1.87. The van der Waals surface area contributed by atoms with Crippen molar-refractivity contribution in [3.63, 3.8) is 0 Å². The Hall–Kier alpha value is -1.43.